The molecule has 2 fully saturated rings. The molecule has 3 nitrogen and oxygen atoms in total. The summed E-state index contributed by atoms with van der Waals surface area (Å²) in [6.07, 6.45) is 8.08. The van der Waals surface area contributed by atoms with E-state index in [0.29, 0.717) is 19.1 Å². The maximum Gasteiger partial charge on any atom is 0.234 e. The van der Waals surface area contributed by atoms with Crippen LogP contribution in [0.5, 0.6) is 0 Å². The molecule has 1 aliphatic carbocycles. The molecule has 1 saturated carbocycles. The summed E-state index contributed by atoms with van der Waals surface area (Å²) in [5, 5.41) is 5.18. The van der Waals surface area contributed by atoms with Crippen molar-refractivity contribution >= 4 is 17.2 Å². The van der Waals surface area contributed by atoms with Crippen LogP contribution in [0.15, 0.2) is 11.4 Å². The van der Waals surface area contributed by atoms with Gasteiger partial charge in [-0.1, -0.05) is 12.8 Å². The van der Waals surface area contributed by atoms with Crippen molar-refractivity contribution in [1.82, 2.24) is 10.2 Å². The highest BCUT2D eigenvalue weighted by molar-refractivity contribution is 7.10. The van der Waals surface area contributed by atoms with Gasteiger partial charge in [0.15, 0.2) is 0 Å². The van der Waals surface area contributed by atoms with Gasteiger partial charge in [0.05, 0.1) is 13.1 Å². The van der Waals surface area contributed by atoms with Crippen LogP contribution in [0.25, 0.3) is 0 Å². The zero-order valence-corrected chi connectivity index (χ0v) is 13.8. The Balaban J connectivity index is 1.48. The molecule has 0 radical (unpaired) electrons. The van der Waals surface area contributed by atoms with E-state index in [2.05, 4.69) is 28.6 Å². The first kappa shape index (κ1) is 15.0. The molecule has 1 N–H and O–H groups in total. The molecule has 0 aromatic carbocycles. The molecule has 1 atom stereocenters. The Kier molecular flexibility index (Phi) is 4.96. The number of carbonyl (C=O) groups is 1. The molecule has 1 aromatic heterocycles. The fourth-order valence-corrected chi connectivity index (χ4v) is 4.77. The summed E-state index contributed by atoms with van der Waals surface area (Å²) in [7, 11) is 0. The van der Waals surface area contributed by atoms with E-state index in [1.165, 1.54) is 49.0 Å². The van der Waals surface area contributed by atoms with Crippen molar-refractivity contribution in [2.24, 2.45) is 5.92 Å². The van der Waals surface area contributed by atoms with Gasteiger partial charge in [-0.25, -0.2) is 0 Å². The maximum atomic E-state index is 12.2. The van der Waals surface area contributed by atoms with E-state index in [0.717, 1.165) is 12.5 Å². The number of thiophene rings is 1. The monoisotopic (exact) mass is 306 g/mol. The Morgan fingerprint density at radius 3 is 2.86 bits per heavy atom. The van der Waals surface area contributed by atoms with Gasteiger partial charge in [-0.05, 0) is 62.1 Å². The lowest BCUT2D eigenvalue weighted by Crippen LogP contribution is -2.42. The number of amides is 1. The molecule has 4 heteroatoms. The van der Waals surface area contributed by atoms with Crippen LogP contribution in [-0.4, -0.2) is 29.9 Å². The second-order valence-corrected chi connectivity index (χ2v) is 7.53. The minimum absolute atomic E-state index is 0.188. The van der Waals surface area contributed by atoms with E-state index in [1.807, 2.05) is 0 Å². The fraction of sp³-hybridized carbons (Fsp3) is 0.706. The van der Waals surface area contributed by atoms with E-state index in [-0.39, 0.29) is 5.91 Å². The largest absolute Gasteiger partial charge is 0.350 e. The number of nitrogens with one attached hydrogen (secondary N) is 1. The molecule has 1 saturated heterocycles. The Hall–Kier alpha value is -0.870. The summed E-state index contributed by atoms with van der Waals surface area (Å²) in [4.78, 5) is 15.9. The molecule has 116 valence electrons. The third-order valence-electron chi connectivity index (χ3n) is 5.12. The highest BCUT2D eigenvalue weighted by Gasteiger charge is 2.33. The second kappa shape index (κ2) is 6.93. The lowest BCUT2D eigenvalue weighted by atomic mass is 9.96. The first-order valence-electron chi connectivity index (χ1n) is 8.28. The molecule has 1 aromatic rings. The molecule has 1 unspecified atom stereocenters. The average molecular weight is 306 g/mol. The molecule has 2 aliphatic rings. The summed E-state index contributed by atoms with van der Waals surface area (Å²) >= 11 is 1.73. The van der Waals surface area contributed by atoms with E-state index in [1.54, 1.807) is 11.3 Å². The van der Waals surface area contributed by atoms with Crippen molar-refractivity contribution in [3.8, 4) is 0 Å². The van der Waals surface area contributed by atoms with Gasteiger partial charge in [-0.15, -0.1) is 11.3 Å². The van der Waals surface area contributed by atoms with Crippen molar-refractivity contribution in [2.45, 2.75) is 58.0 Å². The maximum absolute atomic E-state index is 12.2. The van der Waals surface area contributed by atoms with Crippen LogP contribution in [0.4, 0.5) is 0 Å². The lowest BCUT2D eigenvalue weighted by molar-refractivity contribution is -0.122. The fourth-order valence-electron chi connectivity index (χ4n) is 3.93. The van der Waals surface area contributed by atoms with Crippen LogP contribution in [0, 0.1) is 12.8 Å². The van der Waals surface area contributed by atoms with Gasteiger partial charge in [0.1, 0.15) is 0 Å². The smallest absolute Gasteiger partial charge is 0.234 e. The van der Waals surface area contributed by atoms with Gasteiger partial charge in [0.2, 0.25) is 5.91 Å². The Bertz CT molecular complexity index is 479. The van der Waals surface area contributed by atoms with Gasteiger partial charge < -0.3 is 5.32 Å². The molecule has 0 bridgehead atoms. The Morgan fingerprint density at radius 1 is 1.33 bits per heavy atom. The molecule has 0 spiro atoms. The van der Waals surface area contributed by atoms with Crippen molar-refractivity contribution < 1.29 is 4.79 Å². The van der Waals surface area contributed by atoms with Gasteiger partial charge >= 0.3 is 0 Å². The Morgan fingerprint density at radius 2 is 2.14 bits per heavy atom. The topological polar surface area (TPSA) is 32.3 Å². The van der Waals surface area contributed by atoms with Gasteiger partial charge in [-0.3, -0.25) is 9.69 Å². The average Bonchev–Trinajstić information content (AvgIpc) is 3.17. The highest BCUT2D eigenvalue weighted by atomic mass is 32.1. The van der Waals surface area contributed by atoms with Crippen molar-refractivity contribution in [3.63, 3.8) is 0 Å². The number of hydrogen-bond acceptors (Lipinski definition) is 3. The Labute approximate surface area is 131 Å². The van der Waals surface area contributed by atoms with Crippen LogP contribution in [-0.2, 0) is 11.3 Å². The normalized spacial score (nSPS) is 23.8. The summed E-state index contributed by atoms with van der Waals surface area (Å²) < 4.78 is 0. The molecule has 1 amide bonds. The zero-order chi connectivity index (χ0) is 14.7. The number of likely N-dealkylation sites (tertiary alicyclic amines) is 1. The molecule has 3 rings (SSSR count). The SMILES string of the molecule is Cc1ccsc1CNC(=O)CN1CCCC1C1CCCC1. The second-order valence-electron chi connectivity index (χ2n) is 6.53. The predicted octanol–water partition coefficient (Wildman–Crippen LogP) is 3.33. The van der Waals surface area contributed by atoms with Gasteiger partial charge in [-0.2, -0.15) is 0 Å². The van der Waals surface area contributed by atoms with Crippen molar-refractivity contribution in [2.75, 3.05) is 13.1 Å². The summed E-state index contributed by atoms with van der Waals surface area (Å²) in [5.74, 6) is 1.03. The van der Waals surface area contributed by atoms with Gasteiger partial charge in [0.25, 0.3) is 0 Å². The first-order valence-corrected chi connectivity index (χ1v) is 9.16. The number of nitrogens with zero attached hydrogens (tertiary/aromatic N) is 1. The summed E-state index contributed by atoms with van der Waals surface area (Å²) in [6, 6.07) is 2.78. The number of hydrogen-bond donors (Lipinski definition) is 1. The molecule has 21 heavy (non-hydrogen) atoms. The number of carbonyl (C=O) groups excluding carboxylic acids is 1. The third-order valence-corrected chi connectivity index (χ3v) is 6.14. The standard InChI is InChI=1S/C17H26N2OS/c1-13-8-10-21-16(13)11-18-17(20)12-19-9-4-7-15(19)14-5-2-3-6-14/h8,10,14-15H,2-7,9,11-12H2,1H3,(H,18,20). The first-order chi connectivity index (χ1) is 10.2. The predicted molar refractivity (Wildman–Crippen MR) is 87.5 cm³/mol. The van der Waals surface area contributed by atoms with E-state index >= 15 is 0 Å². The van der Waals surface area contributed by atoms with Crippen LogP contribution in [0.1, 0.15) is 49.0 Å². The van der Waals surface area contributed by atoms with Crippen molar-refractivity contribution in [1.29, 1.82) is 0 Å². The number of rotatable bonds is 5. The number of aryl methyl sites for hydroxylation is 1. The molecular weight excluding hydrogens is 280 g/mol. The summed E-state index contributed by atoms with van der Waals surface area (Å²) in [5.41, 5.74) is 1.28. The molecular formula is C17H26N2OS. The van der Waals surface area contributed by atoms with Crippen LogP contribution >= 0.6 is 11.3 Å². The highest BCUT2D eigenvalue weighted by Crippen LogP contribution is 2.35. The van der Waals surface area contributed by atoms with E-state index < -0.39 is 0 Å². The van der Waals surface area contributed by atoms with Crippen molar-refractivity contribution in [3.05, 3.63) is 21.9 Å². The lowest BCUT2D eigenvalue weighted by Gasteiger charge is -2.28. The minimum atomic E-state index is 0.188. The third kappa shape index (κ3) is 3.67. The van der Waals surface area contributed by atoms with E-state index in [9.17, 15) is 4.79 Å². The van der Waals surface area contributed by atoms with Crippen LogP contribution < -0.4 is 5.32 Å². The molecule has 1 aliphatic heterocycles. The van der Waals surface area contributed by atoms with Gasteiger partial charge in [0, 0.05) is 10.9 Å². The van der Waals surface area contributed by atoms with Crippen LogP contribution in [0.3, 0.4) is 0 Å². The zero-order valence-electron chi connectivity index (χ0n) is 12.9. The minimum Gasteiger partial charge on any atom is -0.350 e. The van der Waals surface area contributed by atoms with E-state index in [4.69, 9.17) is 0 Å². The van der Waals surface area contributed by atoms with Crippen LogP contribution in [0.2, 0.25) is 0 Å². The quantitative estimate of drug-likeness (QED) is 0.905. The molecule has 2 heterocycles. The summed E-state index contributed by atoms with van der Waals surface area (Å²) in [6.45, 7) is 4.48.